The summed E-state index contributed by atoms with van der Waals surface area (Å²) in [6.45, 7) is 5.75. The summed E-state index contributed by atoms with van der Waals surface area (Å²) in [5, 5.41) is 4.18. The highest BCUT2D eigenvalue weighted by molar-refractivity contribution is 6.30. The molecule has 2 aromatic rings. The van der Waals surface area contributed by atoms with Crippen molar-refractivity contribution >= 4 is 34.6 Å². The maximum absolute atomic E-state index is 13.6. The summed E-state index contributed by atoms with van der Waals surface area (Å²) in [5.74, 6) is -0.0108. The van der Waals surface area contributed by atoms with Crippen molar-refractivity contribution in [1.82, 2.24) is 4.90 Å². The average Bonchev–Trinajstić information content (AvgIpc) is 2.60. The van der Waals surface area contributed by atoms with E-state index in [1.54, 1.807) is 4.90 Å². The van der Waals surface area contributed by atoms with Crippen molar-refractivity contribution in [2.24, 2.45) is 0 Å². The number of benzene rings is 2. The molecule has 0 aliphatic carbocycles. The largest absolute Gasteiger partial charge is 0.373 e. The number of hydrogen-bond acceptors (Lipinski definition) is 4. The molecule has 6 heteroatoms. The first-order valence-corrected chi connectivity index (χ1v) is 9.45. The molecule has 1 heterocycles. The van der Waals surface area contributed by atoms with Gasteiger partial charge in [0.1, 0.15) is 5.66 Å². The Labute approximate surface area is 166 Å². The fourth-order valence-corrected chi connectivity index (χ4v) is 3.56. The fourth-order valence-electron chi connectivity index (χ4n) is 3.44. The van der Waals surface area contributed by atoms with Crippen LogP contribution in [-0.4, -0.2) is 50.7 Å². The lowest BCUT2D eigenvalue weighted by molar-refractivity contribution is 0.0962. The van der Waals surface area contributed by atoms with Crippen LogP contribution in [0.25, 0.3) is 0 Å². The monoisotopic (exact) mass is 386 g/mol. The third kappa shape index (κ3) is 3.89. The first kappa shape index (κ1) is 19.5. The fraction of sp³-hybridized carbons (Fsp3) is 0.381. The second kappa shape index (κ2) is 7.41. The van der Waals surface area contributed by atoms with Gasteiger partial charge in [-0.1, -0.05) is 17.7 Å². The van der Waals surface area contributed by atoms with Crippen molar-refractivity contribution in [3.8, 4) is 0 Å². The standard InChI is InChI=1S/C21H27ClN4O/c1-21(2)23-17-7-6-8-18(25(5)14-13-24(3)4)19(17)20(27)26(21)16-11-9-15(22)10-12-16/h6-12,23H,13-14H2,1-5H3. The van der Waals surface area contributed by atoms with Gasteiger partial charge in [0.15, 0.2) is 0 Å². The van der Waals surface area contributed by atoms with Crippen LogP contribution >= 0.6 is 11.6 Å². The third-order valence-electron chi connectivity index (χ3n) is 4.84. The van der Waals surface area contributed by atoms with Crippen LogP contribution in [0, 0.1) is 0 Å². The summed E-state index contributed by atoms with van der Waals surface area (Å²) in [6.07, 6.45) is 0. The quantitative estimate of drug-likeness (QED) is 0.837. The highest BCUT2D eigenvalue weighted by Gasteiger charge is 2.40. The Bertz CT molecular complexity index is 833. The molecular weight excluding hydrogens is 360 g/mol. The Kier molecular flexibility index (Phi) is 5.36. The van der Waals surface area contributed by atoms with Crippen LogP contribution in [0.3, 0.4) is 0 Å². The summed E-state index contributed by atoms with van der Waals surface area (Å²) in [6, 6.07) is 13.4. The van der Waals surface area contributed by atoms with Gasteiger partial charge in [-0.3, -0.25) is 9.69 Å². The number of carbonyl (C=O) groups excluding carboxylic acids is 1. The average molecular weight is 387 g/mol. The van der Waals surface area contributed by atoms with E-state index in [4.69, 9.17) is 11.6 Å². The number of rotatable bonds is 5. The predicted molar refractivity (Wildman–Crippen MR) is 114 cm³/mol. The second-order valence-corrected chi connectivity index (χ2v) is 8.16. The van der Waals surface area contributed by atoms with Gasteiger partial charge in [-0.25, -0.2) is 0 Å². The zero-order chi connectivity index (χ0) is 19.8. The van der Waals surface area contributed by atoms with E-state index in [0.29, 0.717) is 10.6 Å². The summed E-state index contributed by atoms with van der Waals surface area (Å²) in [7, 11) is 6.12. The van der Waals surface area contributed by atoms with E-state index in [9.17, 15) is 4.79 Å². The van der Waals surface area contributed by atoms with Gasteiger partial charge in [-0.05, 0) is 64.3 Å². The molecule has 0 spiro atoms. The minimum atomic E-state index is -0.557. The zero-order valence-corrected chi connectivity index (χ0v) is 17.3. The summed E-state index contributed by atoms with van der Waals surface area (Å²) in [5.41, 5.74) is 2.76. The lowest BCUT2D eigenvalue weighted by atomic mass is 9.99. The number of nitrogens with zero attached hydrogens (tertiary/aromatic N) is 3. The number of amides is 1. The SMILES string of the molecule is CN(C)CCN(C)c1cccc2c1C(=O)N(c1ccc(Cl)cc1)C(C)(C)N2. The lowest BCUT2D eigenvalue weighted by Gasteiger charge is -2.45. The molecular formula is C21H27ClN4O. The van der Waals surface area contributed by atoms with Crippen molar-refractivity contribution in [3.05, 3.63) is 53.1 Å². The molecule has 5 nitrogen and oxygen atoms in total. The van der Waals surface area contributed by atoms with Crippen LogP contribution in [0.2, 0.25) is 5.02 Å². The van der Waals surface area contributed by atoms with Gasteiger partial charge in [0.2, 0.25) is 0 Å². The highest BCUT2D eigenvalue weighted by Crippen LogP contribution is 2.39. The molecule has 1 amide bonds. The normalized spacial score (nSPS) is 15.5. The topological polar surface area (TPSA) is 38.8 Å². The van der Waals surface area contributed by atoms with E-state index in [1.807, 2.05) is 77.5 Å². The molecule has 0 atom stereocenters. The minimum Gasteiger partial charge on any atom is -0.373 e. The molecule has 1 aliphatic rings. The van der Waals surface area contributed by atoms with Gasteiger partial charge >= 0.3 is 0 Å². The van der Waals surface area contributed by atoms with E-state index in [1.165, 1.54) is 0 Å². The summed E-state index contributed by atoms with van der Waals surface area (Å²) >= 11 is 6.04. The van der Waals surface area contributed by atoms with Crippen molar-refractivity contribution in [2.45, 2.75) is 19.5 Å². The van der Waals surface area contributed by atoms with Crippen molar-refractivity contribution in [1.29, 1.82) is 0 Å². The molecule has 144 valence electrons. The van der Waals surface area contributed by atoms with E-state index >= 15 is 0 Å². The minimum absolute atomic E-state index is 0.0108. The van der Waals surface area contributed by atoms with Gasteiger partial charge in [0, 0.05) is 30.8 Å². The Morgan fingerprint density at radius 1 is 1.04 bits per heavy atom. The molecule has 0 fully saturated rings. The van der Waals surface area contributed by atoms with Crippen LogP contribution in [-0.2, 0) is 0 Å². The number of nitrogens with one attached hydrogen (secondary N) is 1. The van der Waals surface area contributed by atoms with Crippen LogP contribution < -0.4 is 15.1 Å². The van der Waals surface area contributed by atoms with E-state index in [0.717, 1.165) is 30.2 Å². The Balaban J connectivity index is 2.03. The van der Waals surface area contributed by atoms with Gasteiger partial charge in [-0.2, -0.15) is 0 Å². The molecule has 3 rings (SSSR count). The van der Waals surface area contributed by atoms with Crippen molar-refractivity contribution in [3.63, 3.8) is 0 Å². The number of likely N-dealkylation sites (N-methyl/N-ethyl adjacent to an activating group) is 2. The third-order valence-corrected chi connectivity index (χ3v) is 5.09. The molecule has 2 aromatic carbocycles. The Morgan fingerprint density at radius 3 is 2.33 bits per heavy atom. The second-order valence-electron chi connectivity index (χ2n) is 7.73. The maximum Gasteiger partial charge on any atom is 0.264 e. The highest BCUT2D eigenvalue weighted by atomic mass is 35.5. The molecule has 27 heavy (non-hydrogen) atoms. The van der Waals surface area contributed by atoms with Gasteiger partial charge in [0.25, 0.3) is 5.91 Å². The number of halogens is 1. The van der Waals surface area contributed by atoms with E-state index in [-0.39, 0.29) is 5.91 Å². The van der Waals surface area contributed by atoms with Crippen LogP contribution in [0.1, 0.15) is 24.2 Å². The molecule has 0 aromatic heterocycles. The molecule has 1 aliphatic heterocycles. The van der Waals surface area contributed by atoms with Crippen LogP contribution in [0.5, 0.6) is 0 Å². The number of anilines is 3. The Hall–Kier alpha value is -2.24. The van der Waals surface area contributed by atoms with Gasteiger partial charge < -0.3 is 15.1 Å². The van der Waals surface area contributed by atoms with Gasteiger partial charge in [-0.15, -0.1) is 0 Å². The lowest BCUT2D eigenvalue weighted by Crippen LogP contribution is -2.57. The number of hydrogen-bond donors (Lipinski definition) is 1. The first-order chi connectivity index (χ1) is 12.7. The number of fused-ring (bicyclic) bond motifs is 1. The van der Waals surface area contributed by atoms with Crippen molar-refractivity contribution in [2.75, 3.05) is 49.3 Å². The molecule has 0 bridgehead atoms. The van der Waals surface area contributed by atoms with Crippen LogP contribution in [0.15, 0.2) is 42.5 Å². The van der Waals surface area contributed by atoms with E-state index < -0.39 is 5.66 Å². The summed E-state index contributed by atoms with van der Waals surface area (Å²) in [4.78, 5) is 19.7. The molecule has 1 N–H and O–H groups in total. The van der Waals surface area contributed by atoms with Gasteiger partial charge in [0.05, 0.1) is 16.9 Å². The first-order valence-electron chi connectivity index (χ1n) is 9.08. The summed E-state index contributed by atoms with van der Waals surface area (Å²) < 4.78 is 0. The van der Waals surface area contributed by atoms with E-state index in [2.05, 4.69) is 15.1 Å². The van der Waals surface area contributed by atoms with Crippen molar-refractivity contribution < 1.29 is 4.79 Å². The smallest absolute Gasteiger partial charge is 0.264 e. The molecule has 0 saturated carbocycles. The Morgan fingerprint density at radius 2 is 1.70 bits per heavy atom. The number of carbonyl (C=O) groups is 1. The molecule has 0 unspecified atom stereocenters. The van der Waals surface area contributed by atoms with Crippen LogP contribution in [0.4, 0.5) is 17.1 Å². The predicted octanol–water partition coefficient (Wildman–Crippen LogP) is 4.15. The maximum atomic E-state index is 13.6. The zero-order valence-electron chi connectivity index (χ0n) is 16.6. The molecule has 0 saturated heterocycles. The molecule has 0 radical (unpaired) electrons.